The summed E-state index contributed by atoms with van der Waals surface area (Å²) in [6.07, 6.45) is 0.653. The molecule has 0 spiro atoms. The molecule has 17 heavy (non-hydrogen) atoms. The van der Waals surface area contributed by atoms with E-state index in [1.807, 2.05) is 0 Å². The van der Waals surface area contributed by atoms with E-state index in [2.05, 4.69) is 19.6 Å². The topological polar surface area (TPSA) is 138 Å². The maximum atomic E-state index is 10.4. The van der Waals surface area contributed by atoms with E-state index in [1.165, 1.54) is 12.8 Å². The summed E-state index contributed by atoms with van der Waals surface area (Å²) < 4.78 is 0. The molecule has 0 aliphatic heterocycles. The van der Waals surface area contributed by atoms with Gasteiger partial charge in [-0.25, -0.2) is 4.79 Å². The molecule has 7 nitrogen and oxygen atoms in total. The Bertz CT molecular complexity index is 258. The van der Waals surface area contributed by atoms with Crippen molar-refractivity contribution in [3.05, 3.63) is 0 Å². The van der Waals surface area contributed by atoms with Crippen LogP contribution in [0.15, 0.2) is 0 Å². The molecular weight excluding hydrogens is 230 g/mol. The smallest absolute Gasteiger partial charge is 0.336 e. The number of carbonyl (C=O) groups excluding carboxylic acids is 1. The first-order valence-electron chi connectivity index (χ1n) is 5.15. The molecule has 1 amide bonds. The maximum Gasteiger partial charge on any atom is 0.336 e. The number of amides is 1. The van der Waals surface area contributed by atoms with Crippen LogP contribution in [-0.2, 0) is 14.4 Å². The van der Waals surface area contributed by atoms with Gasteiger partial charge in [0.2, 0.25) is 5.91 Å². The van der Waals surface area contributed by atoms with E-state index in [0.29, 0.717) is 0 Å². The summed E-state index contributed by atoms with van der Waals surface area (Å²) in [4.78, 5) is 30.8. The average Bonchev–Trinajstić information content (AvgIpc) is 2.15. The number of nitrogens with two attached hydrogens (primary N) is 1. The summed E-state index contributed by atoms with van der Waals surface area (Å²) in [5.74, 6) is -4.38. The number of primary amides is 1. The van der Waals surface area contributed by atoms with Crippen LogP contribution in [0.1, 0.15) is 39.5 Å². The molecule has 0 rings (SSSR count). The van der Waals surface area contributed by atoms with Crippen molar-refractivity contribution in [2.24, 2.45) is 5.73 Å². The zero-order valence-corrected chi connectivity index (χ0v) is 9.97. The largest absolute Gasteiger partial charge is 0.481 e. The lowest BCUT2D eigenvalue weighted by molar-refractivity contribution is -0.167. The minimum atomic E-state index is -2.61. The third-order valence-corrected chi connectivity index (χ3v) is 1.81. The van der Waals surface area contributed by atoms with Gasteiger partial charge in [-0.15, -0.1) is 0 Å². The number of aliphatic hydroxyl groups is 1. The molecular formula is C10H19NO6. The zero-order chi connectivity index (χ0) is 14.1. The van der Waals surface area contributed by atoms with Gasteiger partial charge in [0.15, 0.2) is 5.60 Å². The van der Waals surface area contributed by atoms with Gasteiger partial charge >= 0.3 is 11.9 Å². The van der Waals surface area contributed by atoms with Crippen molar-refractivity contribution >= 4 is 17.8 Å². The van der Waals surface area contributed by atoms with Crippen molar-refractivity contribution in [2.45, 2.75) is 45.1 Å². The van der Waals surface area contributed by atoms with E-state index in [4.69, 9.17) is 15.3 Å². The van der Waals surface area contributed by atoms with E-state index < -0.39 is 36.3 Å². The third-order valence-electron chi connectivity index (χ3n) is 1.81. The molecule has 0 fully saturated rings. The molecule has 0 saturated heterocycles. The van der Waals surface area contributed by atoms with Crippen molar-refractivity contribution in [1.29, 1.82) is 0 Å². The summed E-state index contributed by atoms with van der Waals surface area (Å²) in [6, 6.07) is 0. The lowest BCUT2D eigenvalue weighted by Gasteiger charge is -2.18. The average molecular weight is 249 g/mol. The van der Waals surface area contributed by atoms with Gasteiger partial charge in [-0.05, 0) is 0 Å². The molecule has 1 unspecified atom stereocenters. The van der Waals surface area contributed by atoms with Crippen LogP contribution in [0.5, 0.6) is 0 Å². The Morgan fingerprint density at radius 2 is 1.47 bits per heavy atom. The van der Waals surface area contributed by atoms with E-state index in [1.54, 1.807) is 0 Å². The van der Waals surface area contributed by atoms with Crippen molar-refractivity contribution in [1.82, 2.24) is 0 Å². The van der Waals surface area contributed by atoms with Gasteiger partial charge in [-0.2, -0.15) is 0 Å². The first-order valence-corrected chi connectivity index (χ1v) is 5.15. The molecule has 0 aromatic rings. The predicted molar refractivity (Wildman–Crippen MR) is 59.2 cm³/mol. The van der Waals surface area contributed by atoms with Crippen LogP contribution in [0.4, 0.5) is 0 Å². The van der Waals surface area contributed by atoms with Crippen LogP contribution < -0.4 is 5.73 Å². The van der Waals surface area contributed by atoms with Gasteiger partial charge in [-0.3, -0.25) is 9.59 Å². The number of aliphatic carboxylic acids is 2. The summed E-state index contributed by atoms with van der Waals surface area (Å²) in [6.45, 7) is 4.36. The SMILES string of the molecule is CCCC.NC(=O)CC(O)(CC(=O)O)C(=O)O. The molecule has 0 aliphatic rings. The second-order valence-electron chi connectivity index (χ2n) is 3.55. The molecule has 0 heterocycles. The lowest BCUT2D eigenvalue weighted by Crippen LogP contribution is -2.44. The van der Waals surface area contributed by atoms with E-state index in [-0.39, 0.29) is 0 Å². The minimum absolute atomic E-state index is 0.922. The molecule has 0 aromatic carbocycles. The van der Waals surface area contributed by atoms with Crippen LogP contribution in [0, 0.1) is 0 Å². The third kappa shape index (κ3) is 9.31. The Morgan fingerprint density at radius 1 is 1.06 bits per heavy atom. The highest BCUT2D eigenvalue weighted by Crippen LogP contribution is 2.15. The van der Waals surface area contributed by atoms with Gasteiger partial charge in [0.1, 0.15) is 0 Å². The quantitative estimate of drug-likeness (QED) is 0.521. The minimum Gasteiger partial charge on any atom is -0.481 e. The van der Waals surface area contributed by atoms with Gasteiger partial charge in [0, 0.05) is 0 Å². The Morgan fingerprint density at radius 3 is 1.65 bits per heavy atom. The van der Waals surface area contributed by atoms with Crippen molar-refractivity contribution in [3.63, 3.8) is 0 Å². The lowest BCUT2D eigenvalue weighted by atomic mass is 9.95. The molecule has 0 radical (unpaired) electrons. The second-order valence-corrected chi connectivity index (χ2v) is 3.55. The number of hydrogen-bond donors (Lipinski definition) is 4. The van der Waals surface area contributed by atoms with Crippen LogP contribution in [0.3, 0.4) is 0 Å². The monoisotopic (exact) mass is 249 g/mol. The van der Waals surface area contributed by atoms with Gasteiger partial charge in [0.25, 0.3) is 0 Å². The first-order chi connectivity index (χ1) is 7.69. The Balaban J connectivity index is 0. The Hall–Kier alpha value is -1.63. The number of carbonyl (C=O) groups is 3. The van der Waals surface area contributed by atoms with E-state index in [0.717, 1.165) is 0 Å². The van der Waals surface area contributed by atoms with E-state index in [9.17, 15) is 14.4 Å². The Labute approximate surface area is 99.2 Å². The maximum absolute atomic E-state index is 10.4. The standard InChI is InChI=1S/C6H9NO6.C4H10/c7-3(8)1-6(13,5(11)12)2-4(9)10;1-3-4-2/h13H,1-2H2,(H2,7,8)(H,9,10)(H,11,12);3-4H2,1-2H3. The number of rotatable bonds is 6. The summed E-state index contributed by atoms with van der Waals surface area (Å²) in [5, 5.41) is 25.8. The molecule has 5 N–H and O–H groups in total. The second kappa shape index (κ2) is 8.51. The normalized spacial score (nSPS) is 12.9. The van der Waals surface area contributed by atoms with Crippen molar-refractivity contribution in [3.8, 4) is 0 Å². The molecule has 0 aromatic heterocycles. The van der Waals surface area contributed by atoms with Crippen LogP contribution >= 0.6 is 0 Å². The van der Waals surface area contributed by atoms with Crippen LogP contribution in [0.25, 0.3) is 0 Å². The van der Waals surface area contributed by atoms with Crippen molar-refractivity contribution in [2.75, 3.05) is 0 Å². The molecule has 0 bridgehead atoms. The molecule has 1 atom stereocenters. The number of carboxylic acids is 2. The number of carboxylic acid groups (broad SMARTS) is 2. The van der Waals surface area contributed by atoms with Crippen LogP contribution in [-0.4, -0.2) is 38.8 Å². The fourth-order valence-electron chi connectivity index (χ4n) is 0.752. The predicted octanol–water partition coefficient (Wildman–Crippen LogP) is -0.0414. The highest BCUT2D eigenvalue weighted by molar-refractivity contribution is 5.89. The first kappa shape index (κ1) is 17.8. The van der Waals surface area contributed by atoms with Gasteiger partial charge < -0.3 is 21.1 Å². The van der Waals surface area contributed by atoms with E-state index >= 15 is 0 Å². The molecule has 100 valence electrons. The fraction of sp³-hybridized carbons (Fsp3) is 0.700. The number of hydrogen-bond acceptors (Lipinski definition) is 4. The fourth-order valence-corrected chi connectivity index (χ4v) is 0.752. The number of unbranched alkanes of at least 4 members (excludes halogenated alkanes) is 1. The van der Waals surface area contributed by atoms with Gasteiger partial charge in [0.05, 0.1) is 12.8 Å². The zero-order valence-electron chi connectivity index (χ0n) is 9.97. The summed E-state index contributed by atoms with van der Waals surface area (Å²) >= 11 is 0. The Kier molecular flexibility index (Phi) is 8.89. The summed E-state index contributed by atoms with van der Waals surface area (Å²) in [7, 11) is 0. The highest BCUT2D eigenvalue weighted by atomic mass is 16.4. The van der Waals surface area contributed by atoms with Crippen LogP contribution in [0.2, 0.25) is 0 Å². The molecule has 7 heteroatoms. The summed E-state index contributed by atoms with van der Waals surface area (Å²) in [5.41, 5.74) is 2.02. The molecule has 0 saturated carbocycles. The highest BCUT2D eigenvalue weighted by Gasteiger charge is 2.40. The molecule has 0 aliphatic carbocycles. The van der Waals surface area contributed by atoms with Crippen molar-refractivity contribution < 1.29 is 29.7 Å². The van der Waals surface area contributed by atoms with Gasteiger partial charge in [-0.1, -0.05) is 26.7 Å².